The summed E-state index contributed by atoms with van der Waals surface area (Å²) >= 11 is 11.3. The van der Waals surface area contributed by atoms with E-state index in [1.165, 1.54) is 248 Å². The summed E-state index contributed by atoms with van der Waals surface area (Å²) in [6, 6.07) is 151. The standard InChI is InChI=1S/C33H23NS.C30H17NOS.2C30H17NS2/c1-33(2)27-12-6-3-9-21(27)22-16-15-20(17-28(22)33)34-29-13-7-4-10-23(29)25-18-26-24-11-5-8-14-31(24)35-32(26)19-30(25)34;1-4-12-24-18(8-1)22-16-23-20-10-3-6-15-28(20)33-29(23)17-26(22)31(24)25-13-7-11-21-19-9-2-5-14-27(19)32-30(21)25;1-4-12-24-18(8-1)22-16-23-20-10-3-5-14-27(20)32-29(23)17-26(22)31(24)25-13-7-11-21-19-9-2-6-15-28(19)33-30(21)25;1-4-10-25-19(7-1)22-16-24-21-9-3-6-12-28(21)33-30(24)17-26(22)31(25)18-13-14-29-23(15-18)20-8-2-5-11-27(20)32-29/h3-19H,1-2H3;3*1-17H. The van der Waals surface area contributed by atoms with E-state index in [1.54, 1.807) is 0 Å². The number of benzene rings is 20. The van der Waals surface area contributed by atoms with Crippen LogP contribution in [0.3, 0.4) is 0 Å². The van der Waals surface area contributed by atoms with Crippen LogP contribution in [0.2, 0.25) is 0 Å². The van der Waals surface area contributed by atoms with E-state index in [1.807, 2.05) is 80.2 Å². The Morgan fingerprint density at radius 2 is 0.500 bits per heavy atom. The molecular weight excluding hydrogens is 1740 g/mol. The summed E-state index contributed by atoms with van der Waals surface area (Å²) in [5.74, 6) is 0. The van der Waals surface area contributed by atoms with Crippen molar-refractivity contribution >= 4 is 298 Å². The fourth-order valence-electron chi connectivity index (χ4n) is 22.3. The van der Waals surface area contributed by atoms with Gasteiger partial charge >= 0.3 is 0 Å². The minimum absolute atomic E-state index is 0.0144. The maximum Gasteiger partial charge on any atom is 0.159 e. The molecular formula is C123H74N4OS6. The number of aromatic nitrogens is 4. The Kier molecular flexibility index (Phi) is 16.7. The fourth-order valence-corrected chi connectivity index (χ4v) is 29.1. The Morgan fingerprint density at radius 3 is 0.970 bits per heavy atom. The Bertz CT molecular complexity index is 10100. The van der Waals surface area contributed by atoms with Gasteiger partial charge in [0.15, 0.2) is 5.58 Å². The molecule has 0 fully saturated rings. The molecule has 0 radical (unpaired) electrons. The van der Waals surface area contributed by atoms with Crippen LogP contribution in [0.25, 0.3) is 264 Å². The maximum atomic E-state index is 6.42. The van der Waals surface area contributed by atoms with E-state index < -0.39 is 0 Å². The molecule has 628 valence electrons. The number of nitrogens with zero attached hydrogens (tertiary/aromatic N) is 4. The van der Waals surface area contributed by atoms with Crippen LogP contribution in [0.5, 0.6) is 0 Å². The van der Waals surface area contributed by atoms with E-state index in [9.17, 15) is 0 Å². The summed E-state index contributed by atoms with van der Waals surface area (Å²) in [7, 11) is 0. The predicted molar refractivity (Wildman–Crippen MR) is 585 cm³/mol. The summed E-state index contributed by atoms with van der Waals surface area (Å²) < 4.78 is 32.3. The van der Waals surface area contributed by atoms with Gasteiger partial charge in [0.05, 0.1) is 60.2 Å². The van der Waals surface area contributed by atoms with Crippen LogP contribution in [0, 0.1) is 0 Å². The highest BCUT2D eigenvalue weighted by Crippen LogP contribution is 2.53. The zero-order valence-electron chi connectivity index (χ0n) is 72.4. The molecule has 0 spiro atoms. The Balaban J connectivity index is 0.0000000871. The lowest BCUT2D eigenvalue weighted by molar-refractivity contribution is 0.660. The SMILES string of the molecule is CC1(C)c2ccccc2-c2ccc(-n3c4ccccc4c4cc5c(cc43)sc3ccccc35)cc21.c1ccc2c(c1)oc1c(-n3c4ccccc4c4cc5c(cc43)sc3ccccc35)cccc12.c1ccc2c(c1)sc1cc3c(cc12)c1ccccc1n3-c1cccc2c1sc1ccccc12.c1ccc2c(c1)sc1ccc(-n3c4ccccc4c4cc5c(cc43)sc3ccccc35)cc12. The van der Waals surface area contributed by atoms with Gasteiger partial charge < -0.3 is 22.7 Å². The van der Waals surface area contributed by atoms with Crippen molar-refractivity contribution in [3.05, 3.63) is 424 Å². The van der Waals surface area contributed by atoms with E-state index in [0.717, 1.165) is 27.6 Å². The number of para-hydroxylation sites is 6. The second-order valence-electron chi connectivity index (χ2n) is 35.9. The second kappa shape index (κ2) is 29.4. The monoisotopic (exact) mass is 1810 g/mol. The first-order chi connectivity index (χ1) is 66.2. The van der Waals surface area contributed by atoms with Crippen molar-refractivity contribution in [1.82, 2.24) is 18.3 Å². The Hall–Kier alpha value is -15.3. The third kappa shape index (κ3) is 11.4. The highest BCUT2D eigenvalue weighted by molar-refractivity contribution is 7.28. The number of fused-ring (bicyclic) bond motifs is 36. The largest absolute Gasteiger partial charge is 0.454 e. The molecule has 0 saturated carbocycles. The van der Waals surface area contributed by atoms with Crippen molar-refractivity contribution < 1.29 is 4.42 Å². The minimum atomic E-state index is -0.0144. The average Bonchev–Trinajstić information content (AvgIpc) is 1.58. The molecule has 31 aromatic rings. The third-order valence-corrected chi connectivity index (χ3v) is 35.3. The highest BCUT2D eigenvalue weighted by atomic mass is 32.1. The molecule has 0 atom stereocenters. The molecule has 20 aromatic carbocycles. The Labute approximate surface area is 790 Å². The summed E-state index contributed by atoms with van der Waals surface area (Å²) in [5, 5.41) is 28.8. The highest BCUT2D eigenvalue weighted by Gasteiger charge is 2.36. The summed E-state index contributed by atoms with van der Waals surface area (Å²) in [6.07, 6.45) is 0. The first kappa shape index (κ1) is 76.4. The zero-order valence-corrected chi connectivity index (χ0v) is 77.3. The van der Waals surface area contributed by atoms with Crippen molar-refractivity contribution in [3.63, 3.8) is 0 Å². The molecule has 1 aliphatic carbocycles. The van der Waals surface area contributed by atoms with Gasteiger partial charge in [-0.05, 0) is 180 Å². The molecule has 0 bridgehead atoms. The zero-order chi connectivity index (χ0) is 87.9. The van der Waals surface area contributed by atoms with Crippen LogP contribution in [0.1, 0.15) is 25.0 Å². The molecule has 1 aliphatic rings. The van der Waals surface area contributed by atoms with Gasteiger partial charge in [-0.3, -0.25) is 0 Å². The second-order valence-corrected chi connectivity index (χ2v) is 42.4. The van der Waals surface area contributed by atoms with Crippen molar-refractivity contribution in [2.45, 2.75) is 19.3 Å². The molecule has 11 heteroatoms. The molecule has 0 saturated heterocycles. The molecule has 11 heterocycles. The number of thiophene rings is 6. The van der Waals surface area contributed by atoms with E-state index >= 15 is 0 Å². The van der Waals surface area contributed by atoms with Crippen LogP contribution in [0.4, 0.5) is 0 Å². The number of rotatable bonds is 4. The summed E-state index contributed by atoms with van der Waals surface area (Å²) in [4.78, 5) is 0. The smallest absolute Gasteiger partial charge is 0.159 e. The average molecular weight is 1820 g/mol. The molecule has 0 amide bonds. The topological polar surface area (TPSA) is 32.9 Å². The number of hydrogen-bond donors (Lipinski definition) is 0. The van der Waals surface area contributed by atoms with E-state index in [4.69, 9.17) is 4.42 Å². The first-order valence-corrected chi connectivity index (χ1v) is 50.5. The molecule has 32 rings (SSSR count). The number of furan rings is 1. The normalized spacial score (nSPS) is 12.8. The van der Waals surface area contributed by atoms with Gasteiger partial charge in [-0.2, -0.15) is 0 Å². The van der Waals surface area contributed by atoms with Crippen LogP contribution in [-0.4, -0.2) is 18.3 Å². The molecule has 134 heavy (non-hydrogen) atoms. The molecule has 0 aliphatic heterocycles. The quantitative estimate of drug-likeness (QED) is 0.173. The summed E-state index contributed by atoms with van der Waals surface area (Å²) in [5.41, 5.74) is 22.2. The van der Waals surface area contributed by atoms with Gasteiger partial charge in [0.25, 0.3) is 0 Å². The maximum absolute atomic E-state index is 6.42. The van der Waals surface area contributed by atoms with Gasteiger partial charge in [-0.15, -0.1) is 68.0 Å². The lowest BCUT2D eigenvalue weighted by Gasteiger charge is -2.22. The van der Waals surface area contributed by atoms with E-state index in [0.29, 0.717) is 0 Å². The third-order valence-electron chi connectivity index (χ3n) is 28.4. The minimum Gasteiger partial charge on any atom is -0.454 e. The molecule has 5 nitrogen and oxygen atoms in total. The molecule has 0 N–H and O–H groups in total. The van der Waals surface area contributed by atoms with Crippen molar-refractivity contribution in [3.8, 4) is 33.9 Å². The van der Waals surface area contributed by atoms with Crippen LogP contribution >= 0.6 is 68.0 Å². The predicted octanol–water partition coefficient (Wildman–Crippen LogP) is 37.5. The fraction of sp³-hybridized carbons (Fsp3) is 0.0244. The van der Waals surface area contributed by atoms with Crippen LogP contribution < -0.4 is 0 Å². The van der Waals surface area contributed by atoms with E-state index in [2.05, 4.69) is 432 Å². The van der Waals surface area contributed by atoms with Crippen molar-refractivity contribution in [2.24, 2.45) is 0 Å². The van der Waals surface area contributed by atoms with Gasteiger partial charge in [-0.1, -0.05) is 269 Å². The van der Waals surface area contributed by atoms with Gasteiger partial charge in [0, 0.05) is 187 Å². The summed E-state index contributed by atoms with van der Waals surface area (Å²) in [6.45, 7) is 4.71. The van der Waals surface area contributed by atoms with Crippen LogP contribution in [-0.2, 0) is 5.41 Å². The van der Waals surface area contributed by atoms with Gasteiger partial charge in [0.1, 0.15) is 5.58 Å². The van der Waals surface area contributed by atoms with Crippen molar-refractivity contribution in [1.29, 1.82) is 0 Å². The first-order valence-electron chi connectivity index (χ1n) is 45.6. The van der Waals surface area contributed by atoms with Gasteiger partial charge in [0.2, 0.25) is 0 Å². The van der Waals surface area contributed by atoms with Crippen molar-refractivity contribution in [2.75, 3.05) is 0 Å². The van der Waals surface area contributed by atoms with E-state index in [-0.39, 0.29) is 5.41 Å². The lowest BCUT2D eigenvalue weighted by atomic mass is 9.82. The molecule has 11 aromatic heterocycles. The molecule has 0 unspecified atom stereocenters. The lowest BCUT2D eigenvalue weighted by Crippen LogP contribution is -2.15. The number of hydrogen-bond acceptors (Lipinski definition) is 7. The Morgan fingerprint density at radius 1 is 0.187 bits per heavy atom. The van der Waals surface area contributed by atoms with Gasteiger partial charge in [-0.25, -0.2) is 0 Å². The van der Waals surface area contributed by atoms with Crippen LogP contribution in [0.15, 0.2) is 417 Å².